The second-order valence-electron chi connectivity index (χ2n) is 4.27. The van der Waals surface area contributed by atoms with Crippen LogP contribution in [0.5, 0.6) is 0 Å². The molecule has 0 spiro atoms. The van der Waals surface area contributed by atoms with E-state index in [0.717, 1.165) is 5.69 Å². The molecule has 0 aliphatic heterocycles. The van der Waals surface area contributed by atoms with Crippen LogP contribution in [0.25, 0.3) is 0 Å². The monoisotopic (exact) mass is 219 g/mol. The van der Waals surface area contributed by atoms with E-state index in [4.69, 9.17) is 0 Å². The van der Waals surface area contributed by atoms with E-state index in [1.165, 1.54) is 13.8 Å². The highest BCUT2D eigenvalue weighted by Gasteiger charge is 2.34. The van der Waals surface area contributed by atoms with Gasteiger partial charge in [-0.15, -0.1) is 0 Å². The molecule has 16 heavy (non-hydrogen) atoms. The molecule has 3 heteroatoms. The SMILES string of the molecule is CC(=O)C(C)(CCc1ccccn1)C(C)=O. The van der Waals surface area contributed by atoms with Gasteiger partial charge >= 0.3 is 0 Å². The first-order valence-corrected chi connectivity index (χ1v) is 5.39. The third kappa shape index (κ3) is 2.75. The van der Waals surface area contributed by atoms with Crippen molar-refractivity contribution in [1.29, 1.82) is 0 Å². The molecule has 0 aliphatic rings. The average molecular weight is 219 g/mol. The van der Waals surface area contributed by atoms with Crippen molar-refractivity contribution >= 4 is 11.6 Å². The fourth-order valence-electron chi connectivity index (χ4n) is 1.52. The lowest BCUT2D eigenvalue weighted by Gasteiger charge is -2.23. The van der Waals surface area contributed by atoms with Gasteiger partial charge in [-0.3, -0.25) is 14.6 Å². The van der Waals surface area contributed by atoms with Crippen molar-refractivity contribution in [3.05, 3.63) is 30.1 Å². The van der Waals surface area contributed by atoms with Gasteiger partial charge in [0.25, 0.3) is 0 Å². The molecule has 0 radical (unpaired) electrons. The molecule has 1 heterocycles. The summed E-state index contributed by atoms with van der Waals surface area (Å²) in [4.78, 5) is 27.2. The Morgan fingerprint density at radius 2 is 1.88 bits per heavy atom. The Bertz CT molecular complexity index is 370. The summed E-state index contributed by atoms with van der Waals surface area (Å²) in [5, 5.41) is 0. The van der Waals surface area contributed by atoms with E-state index >= 15 is 0 Å². The highest BCUT2D eigenvalue weighted by molar-refractivity contribution is 6.04. The number of rotatable bonds is 5. The van der Waals surface area contributed by atoms with Crippen molar-refractivity contribution in [2.24, 2.45) is 5.41 Å². The number of carbonyl (C=O) groups is 2. The third-order valence-corrected chi connectivity index (χ3v) is 3.16. The van der Waals surface area contributed by atoms with Crippen molar-refractivity contribution in [3.8, 4) is 0 Å². The summed E-state index contributed by atoms with van der Waals surface area (Å²) in [5.74, 6) is -0.146. The molecule has 0 unspecified atom stereocenters. The van der Waals surface area contributed by atoms with E-state index in [9.17, 15) is 9.59 Å². The summed E-state index contributed by atoms with van der Waals surface area (Å²) >= 11 is 0. The van der Waals surface area contributed by atoms with Crippen LogP contribution in [0, 0.1) is 5.41 Å². The molecule has 0 fully saturated rings. The predicted molar refractivity (Wildman–Crippen MR) is 62.0 cm³/mol. The van der Waals surface area contributed by atoms with Crippen LogP contribution in [-0.4, -0.2) is 16.6 Å². The van der Waals surface area contributed by atoms with Crippen molar-refractivity contribution in [2.75, 3.05) is 0 Å². The van der Waals surface area contributed by atoms with Gasteiger partial charge in [-0.2, -0.15) is 0 Å². The largest absolute Gasteiger partial charge is 0.299 e. The Labute approximate surface area is 95.9 Å². The molecule has 1 aromatic rings. The fraction of sp³-hybridized carbons (Fsp3) is 0.462. The van der Waals surface area contributed by atoms with Gasteiger partial charge in [-0.25, -0.2) is 0 Å². The summed E-state index contributed by atoms with van der Waals surface area (Å²) < 4.78 is 0. The Morgan fingerprint density at radius 1 is 1.25 bits per heavy atom. The molecule has 1 rings (SSSR count). The minimum atomic E-state index is -0.864. The van der Waals surface area contributed by atoms with Crippen LogP contribution >= 0.6 is 0 Å². The molecule has 0 atom stereocenters. The van der Waals surface area contributed by atoms with Crippen molar-refractivity contribution in [1.82, 2.24) is 4.98 Å². The summed E-state index contributed by atoms with van der Waals surface area (Å²) in [7, 11) is 0. The second kappa shape index (κ2) is 5.01. The van der Waals surface area contributed by atoms with Crippen molar-refractivity contribution < 1.29 is 9.59 Å². The van der Waals surface area contributed by atoms with Crippen LogP contribution in [0.15, 0.2) is 24.4 Å². The minimum absolute atomic E-state index is 0.0732. The van der Waals surface area contributed by atoms with Crippen LogP contribution < -0.4 is 0 Å². The van der Waals surface area contributed by atoms with E-state index in [1.807, 2.05) is 18.2 Å². The Balaban J connectivity index is 2.72. The topological polar surface area (TPSA) is 47.0 Å². The molecule has 3 nitrogen and oxygen atoms in total. The number of Topliss-reactive ketones (excluding diaryl/α,β-unsaturated/α-hetero) is 2. The van der Waals surface area contributed by atoms with Crippen LogP contribution in [0.4, 0.5) is 0 Å². The lowest BCUT2D eigenvalue weighted by Crippen LogP contribution is -2.33. The van der Waals surface area contributed by atoms with Gasteiger partial charge < -0.3 is 0 Å². The van der Waals surface area contributed by atoms with Gasteiger partial charge in [-0.1, -0.05) is 6.07 Å². The highest BCUT2D eigenvalue weighted by Crippen LogP contribution is 2.25. The quantitative estimate of drug-likeness (QED) is 0.713. The van der Waals surface area contributed by atoms with Gasteiger partial charge in [0.15, 0.2) is 0 Å². The Kier molecular flexibility index (Phi) is 3.93. The highest BCUT2D eigenvalue weighted by atomic mass is 16.2. The van der Waals surface area contributed by atoms with E-state index in [0.29, 0.717) is 12.8 Å². The number of hydrogen-bond donors (Lipinski definition) is 0. The van der Waals surface area contributed by atoms with Crippen LogP contribution in [0.3, 0.4) is 0 Å². The van der Waals surface area contributed by atoms with Crippen molar-refractivity contribution in [3.63, 3.8) is 0 Å². The molecule has 0 amide bonds. The van der Waals surface area contributed by atoms with E-state index in [2.05, 4.69) is 4.98 Å². The Morgan fingerprint density at radius 3 is 2.31 bits per heavy atom. The summed E-state index contributed by atoms with van der Waals surface area (Å²) in [6, 6.07) is 5.65. The molecule has 0 N–H and O–H groups in total. The van der Waals surface area contributed by atoms with Crippen LogP contribution in [-0.2, 0) is 16.0 Å². The smallest absolute Gasteiger partial charge is 0.143 e. The fourth-order valence-corrected chi connectivity index (χ4v) is 1.52. The number of pyridine rings is 1. The predicted octanol–water partition coefficient (Wildman–Crippen LogP) is 2.20. The van der Waals surface area contributed by atoms with Gasteiger partial charge in [0.2, 0.25) is 0 Å². The van der Waals surface area contributed by atoms with Gasteiger partial charge in [-0.05, 0) is 45.7 Å². The maximum atomic E-state index is 11.5. The number of aromatic nitrogens is 1. The van der Waals surface area contributed by atoms with Crippen LogP contribution in [0.2, 0.25) is 0 Å². The molecule has 0 bridgehead atoms. The number of aryl methyl sites for hydroxylation is 1. The first kappa shape index (κ1) is 12.6. The molecule has 0 aliphatic carbocycles. The van der Waals surface area contributed by atoms with Gasteiger partial charge in [0.05, 0.1) is 5.41 Å². The molecule has 0 saturated heterocycles. The lowest BCUT2D eigenvalue weighted by molar-refractivity contribution is -0.137. The number of carbonyl (C=O) groups excluding carboxylic acids is 2. The normalized spacial score (nSPS) is 11.2. The molecular weight excluding hydrogens is 202 g/mol. The number of nitrogens with zero attached hydrogens (tertiary/aromatic N) is 1. The second-order valence-corrected chi connectivity index (χ2v) is 4.27. The maximum absolute atomic E-state index is 11.5. The molecule has 86 valence electrons. The first-order chi connectivity index (χ1) is 7.47. The standard InChI is InChI=1S/C13H17NO2/c1-10(15)13(3,11(2)16)8-7-12-6-4-5-9-14-12/h4-6,9H,7-8H2,1-3H3. The van der Waals surface area contributed by atoms with Gasteiger partial charge in [0, 0.05) is 11.9 Å². The maximum Gasteiger partial charge on any atom is 0.143 e. The first-order valence-electron chi connectivity index (χ1n) is 5.39. The van der Waals surface area contributed by atoms with E-state index in [1.54, 1.807) is 13.1 Å². The zero-order valence-corrected chi connectivity index (χ0v) is 9.99. The van der Waals surface area contributed by atoms with Crippen molar-refractivity contribution in [2.45, 2.75) is 33.6 Å². The molecular formula is C13H17NO2. The zero-order valence-electron chi connectivity index (χ0n) is 9.99. The molecule has 0 saturated carbocycles. The van der Waals surface area contributed by atoms with E-state index < -0.39 is 5.41 Å². The average Bonchev–Trinajstić information content (AvgIpc) is 2.26. The zero-order chi connectivity index (χ0) is 12.2. The number of ketones is 2. The third-order valence-electron chi connectivity index (χ3n) is 3.16. The van der Waals surface area contributed by atoms with Gasteiger partial charge in [0.1, 0.15) is 11.6 Å². The summed E-state index contributed by atoms with van der Waals surface area (Å²) in [5.41, 5.74) is 0.0496. The lowest BCUT2D eigenvalue weighted by atomic mass is 9.78. The minimum Gasteiger partial charge on any atom is -0.299 e. The van der Waals surface area contributed by atoms with Crippen LogP contribution in [0.1, 0.15) is 32.9 Å². The molecule has 1 aromatic heterocycles. The summed E-state index contributed by atoms with van der Waals surface area (Å²) in [6.07, 6.45) is 2.89. The number of hydrogen-bond acceptors (Lipinski definition) is 3. The molecule has 0 aromatic carbocycles. The van der Waals surface area contributed by atoms with E-state index in [-0.39, 0.29) is 11.6 Å². The summed E-state index contributed by atoms with van der Waals surface area (Å²) in [6.45, 7) is 4.65. The Hall–Kier alpha value is -1.51.